The lowest BCUT2D eigenvalue weighted by atomic mass is 9.74. The number of carbonyl (C=O) groups excluding carboxylic acids is 1. The molecule has 1 aliphatic rings. The molecular formula is C28H37ClF2N2O2. The average molecular weight is 507 g/mol. The van der Waals surface area contributed by atoms with Crippen molar-refractivity contribution in [2.75, 3.05) is 6.54 Å². The summed E-state index contributed by atoms with van der Waals surface area (Å²) < 4.78 is 27.4. The predicted molar refractivity (Wildman–Crippen MR) is 137 cm³/mol. The summed E-state index contributed by atoms with van der Waals surface area (Å²) in [5.74, 6) is -1.69. The maximum Gasteiger partial charge on any atom is 0.217 e. The molecule has 7 heteroatoms. The molecule has 3 N–H and O–H groups in total. The van der Waals surface area contributed by atoms with Crippen LogP contribution in [0.3, 0.4) is 0 Å². The summed E-state index contributed by atoms with van der Waals surface area (Å²) in [5.41, 5.74) is 2.16. The molecule has 2 aromatic carbocycles. The van der Waals surface area contributed by atoms with Gasteiger partial charge in [-0.05, 0) is 59.6 Å². The lowest BCUT2D eigenvalue weighted by Gasteiger charge is -2.41. The Morgan fingerprint density at radius 2 is 1.71 bits per heavy atom. The van der Waals surface area contributed by atoms with Gasteiger partial charge in [-0.25, -0.2) is 8.78 Å². The zero-order chi connectivity index (χ0) is 25.8. The molecule has 0 spiro atoms. The zero-order valence-corrected chi connectivity index (χ0v) is 21.8. The molecule has 3 rings (SSSR count). The third-order valence-corrected chi connectivity index (χ3v) is 7.24. The van der Waals surface area contributed by atoms with Gasteiger partial charge in [0, 0.05) is 30.1 Å². The van der Waals surface area contributed by atoms with Crippen molar-refractivity contribution in [2.24, 2.45) is 0 Å². The SMILES string of the molecule is CC(=O)NC(Cc1cc(F)cc(F)c1)C(O)CNC1(c2ccc(Cl)c(C(C)(C)C)c2)CCCCC1. The van der Waals surface area contributed by atoms with Gasteiger partial charge in [-0.1, -0.05) is 63.8 Å². The van der Waals surface area contributed by atoms with Gasteiger partial charge in [0.25, 0.3) is 0 Å². The van der Waals surface area contributed by atoms with Crippen LogP contribution in [-0.2, 0) is 22.2 Å². The van der Waals surface area contributed by atoms with E-state index in [-0.39, 0.29) is 29.8 Å². The Bertz CT molecular complexity index is 1010. The Morgan fingerprint density at radius 3 is 2.29 bits per heavy atom. The van der Waals surface area contributed by atoms with Gasteiger partial charge in [-0.2, -0.15) is 0 Å². The Hall–Kier alpha value is -2.02. The highest BCUT2D eigenvalue weighted by atomic mass is 35.5. The molecule has 0 bridgehead atoms. The van der Waals surface area contributed by atoms with Gasteiger partial charge in [-0.15, -0.1) is 0 Å². The first kappa shape index (κ1) is 27.6. The number of nitrogens with one attached hydrogen (secondary N) is 2. The summed E-state index contributed by atoms with van der Waals surface area (Å²) in [7, 11) is 0. The molecule has 1 aliphatic carbocycles. The van der Waals surface area contributed by atoms with E-state index in [0.717, 1.165) is 54.3 Å². The molecule has 4 nitrogen and oxygen atoms in total. The Morgan fingerprint density at radius 1 is 1.09 bits per heavy atom. The summed E-state index contributed by atoms with van der Waals surface area (Å²) in [4.78, 5) is 11.8. The highest BCUT2D eigenvalue weighted by Crippen LogP contribution is 2.40. The fraction of sp³-hybridized carbons (Fsp3) is 0.536. The van der Waals surface area contributed by atoms with Crippen LogP contribution in [0.2, 0.25) is 5.02 Å². The Balaban J connectivity index is 1.83. The standard InChI is InChI=1S/C28H37ClF2N2O2/c1-18(34)33-25(14-19-12-21(30)16-22(31)13-19)26(35)17-32-28(10-6-5-7-11-28)20-8-9-24(29)23(15-20)27(2,3)4/h8-9,12-13,15-16,25-26,32,35H,5-7,10-11,14,17H2,1-4H3,(H,33,34). The second-order valence-electron chi connectivity index (χ2n) is 10.8. The third-order valence-electron chi connectivity index (χ3n) is 6.91. The van der Waals surface area contributed by atoms with Crippen LogP contribution in [0.1, 0.15) is 76.5 Å². The van der Waals surface area contributed by atoms with E-state index < -0.39 is 23.8 Å². The maximum atomic E-state index is 13.7. The highest BCUT2D eigenvalue weighted by molar-refractivity contribution is 6.31. The van der Waals surface area contributed by atoms with Crippen molar-refractivity contribution < 1.29 is 18.7 Å². The lowest BCUT2D eigenvalue weighted by Crippen LogP contribution is -2.53. The second-order valence-corrected chi connectivity index (χ2v) is 11.2. The van der Waals surface area contributed by atoms with Gasteiger partial charge >= 0.3 is 0 Å². The number of hydrogen-bond acceptors (Lipinski definition) is 3. The number of halogens is 3. The summed E-state index contributed by atoms with van der Waals surface area (Å²) >= 11 is 6.53. The van der Waals surface area contributed by atoms with E-state index in [2.05, 4.69) is 43.5 Å². The monoisotopic (exact) mass is 506 g/mol. The molecule has 0 heterocycles. The summed E-state index contributed by atoms with van der Waals surface area (Å²) in [6.45, 7) is 7.99. The lowest BCUT2D eigenvalue weighted by molar-refractivity contribution is -0.120. The molecule has 1 fully saturated rings. The first-order valence-electron chi connectivity index (χ1n) is 12.4. The normalized spacial score (nSPS) is 17.6. The van der Waals surface area contributed by atoms with Crippen LogP contribution in [0.4, 0.5) is 8.78 Å². The molecule has 0 aliphatic heterocycles. The van der Waals surface area contributed by atoms with Gasteiger partial charge in [0.2, 0.25) is 5.91 Å². The molecule has 0 aromatic heterocycles. The van der Waals surface area contributed by atoms with Gasteiger partial charge < -0.3 is 15.7 Å². The van der Waals surface area contributed by atoms with E-state index in [9.17, 15) is 18.7 Å². The van der Waals surface area contributed by atoms with Gasteiger partial charge in [0.05, 0.1) is 12.1 Å². The van der Waals surface area contributed by atoms with E-state index >= 15 is 0 Å². The van der Waals surface area contributed by atoms with Crippen LogP contribution >= 0.6 is 11.6 Å². The molecule has 2 atom stereocenters. The Kier molecular flexibility index (Phi) is 8.95. The number of aliphatic hydroxyl groups is 1. The van der Waals surface area contributed by atoms with Crippen molar-refractivity contribution in [1.29, 1.82) is 0 Å². The molecule has 35 heavy (non-hydrogen) atoms. The molecule has 1 saturated carbocycles. The third kappa shape index (κ3) is 7.25. The van der Waals surface area contributed by atoms with E-state index in [1.165, 1.54) is 19.1 Å². The smallest absolute Gasteiger partial charge is 0.217 e. The van der Waals surface area contributed by atoms with E-state index in [1.54, 1.807) is 0 Å². The largest absolute Gasteiger partial charge is 0.390 e. The highest BCUT2D eigenvalue weighted by Gasteiger charge is 2.36. The molecule has 0 saturated heterocycles. The molecule has 1 amide bonds. The minimum Gasteiger partial charge on any atom is -0.390 e. The Labute approximate surface area is 212 Å². The molecule has 0 radical (unpaired) electrons. The minimum atomic E-state index is -0.960. The fourth-order valence-corrected chi connectivity index (χ4v) is 5.49. The van der Waals surface area contributed by atoms with Gasteiger partial charge in [0.15, 0.2) is 0 Å². The topological polar surface area (TPSA) is 61.4 Å². The number of hydrogen-bond donors (Lipinski definition) is 3. The van der Waals surface area contributed by atoms with Crippen LogP contribution < -0.4 is 10.6 Å². The first-order chi connectivity index (χ1) is 16.4. The van der Waals surface area contributed by atoms with Crippen molar-refractivity contribution >= 4 is 17.5 Å². The van der Waals surface area contributed by atoms with Gasteiger partial charge in [-0.3, -0.25) is 4.79 Å². The van der Waals surface area contributed by atoms with Crippen LogP contribution in [0.5, 0.6) is 0 Å². The van der Waals surface area contributed by atoms with Gasteiger partial charge in [0.1, 0.15) is 11.6 Å². The van der Waals surface area contributed by atoms with Crippen LogP contribution in [-0.4, -0.2) is 29.7 Å². The minimum absolute atomic E-state index is 0.110. The van der Waals surface area contributed by atoms with E-state index in [0.29, 0.717) is 5.56 Å². The van der Waals surface area contributed by atoms with E-state index in [4.69, 9.17) is 11.6 Å². The van der Waals surface area contributed by atoms with Crippen molar-refractivity contribution in [2.45, 2.75) is 89.3 Å². The van der Waals surface area contributed by atoms with E-state index in [1.807, 2.05) is 6.07 Å². The van der Waals surface area contributed by atoms with Crippen molar-refractivity contribution in [1.82, 2.24) is 10.6 Å². The van der Waals surface area contributed by atoms with Crippen LogP contribution in [0.15, 0.2) is 36.4 Å². The summed E-state index contributed by atoms with van der Waals surface area (Å²) in [6.07, 6.45) is 4.28. The molecule has 192 valence electrons. The molecule has 2 aromatic rings. The number of benzene rings is 2. The quantitative estimate of drug-likeness (QED) is 0.425. The average Bonchev–Trinajstić information content (AvgIpc) is 2.76. The number of amides is 1. The second kappa shape index (κ2) is 11.4. The maximum absolute atomic E-state index is 13.7. The first-order valence-corrected chi connectivity index (χ1v) is 12.7. The van der Waals surface area contributed by atoms with Crippen molar-refractivity contribution in [3.63, 3.8) is 0 Å². The number of rotatable bonds is 8. The summed E-state index contributed by atoms with van der Waals surface area (Å²) in [6, 6.07) is 8.74. The van der Waals surface area contributed by atoms with Crippen molar-refractivity contribution in [3.8, 4) is 0 Å². The molecule has 2 unspecified atom stereocenters. The van der Waals surface area contributed by atoms with Crippen LogP contribution in [0.25, 0.3) is 0 Å². The number of carbonyl (C=O) groups is 1. The predicted octanol–water partition coefficient (Wildman–Crippen LogP) is 5.77. The fourth-order valence-electron chi connectivity index (χ4n) is 5.09. The molecular weight excluding hydrogens is 470 g/mol. The van der Waals surface area contributed by atoms with Crippen LogP contribution in [0, 0.1) is 11.6 Å². The van der Waals surface area contributed by atoms with Crippen molar-refractivity contribution in [3.05, 3.63) is 69.7 Å². The summed E-state index contributed by atoms with van der Waals surface area (Å²) in [5, 5.41) is 18.2. The zero-order valence-electron chi connectivity index (χ0n) is 21.1. The number of aliphatic hydroxyl groups excluding tert-OH is 1.